The number of pyridine rings is 1. The first-order valence-electron chi connectivity index (χ1n) is 10.2. The third kappa shape index (κ3) is 5.88. The van der Waals surface area contributed by atoms with E-state index >= 15 is 0 Å². The average molecular weight is 458 g/mol. The van der Waals surface area contributed by atoms with Gasteiger partial charge in [-0.3, -0.25) is 14.6 Å². The van der Waals surface area contributed by atoms with Gasteiger partial charge in [-0.05, 0) is 31.4 Å². The normalized spacial score (nSPS) is 18.5. The van der Waals surface area contributed by atoms with Crippen LogP contribution >= 0.6 is 22.7 Å². The molecule has 1 saturated carbocycles. The first-order chi connectivity index (χ1) is 15.1. The number of carbonyl (C=O) groups excluding carboxylic acids is 2. The van der Waals surface area contributed by atoms with Crippen molar-refractivity contribution in [2.24, 2.45) is 0 Å². The largest absolute Gasteiger partial charge is 0.350 e. The highest BCUT2D eigenvalue weighted by Gasteiger charge is 2.29. The molecule has 4 rings (SSSR count). The van der Waals surface area contributed by atoms with Gasteiger partial charge in [0.25, 0.3) is 0 Å². The highest BCUT2D eigenvalue weighted by atomic mass is 32.1. The molecule has 0 aliphatic heterocycles. The number of rotatable bonds is 7. The van der Waals surface area contributed by atoms with Crippen LogP contribution in [0.5, 0.6) is 0 Å². The quantitative estimate of drug-likeness (QED) is 0.559. The Morgan fingerprint density at radius 3 is 2.58 bits per heavy atom. The SMILES string of the molecule is CC(=O)NCc1nnc([C@H]2CCC[C@H](c3nnc(NC(=O)Cc4ccccn4)s3)C2)s1. The summed E-state index contributed by atoms with van der Waals surface area (Å²) in [5.74, 6) is 0.394. The fourth-order valence-corrected chi connectivity index (χ4v) is 5.46. The van der Waals surface area contributed by atoms with Crippen LogP contribution in [-0.4, -0.2) is 37.2 Å². The number of aromatic nitrogens is 5. The van der Waals surface area contributed by atoms with Gasteiger partial charge in [-0.15, -0.1) is 20.4 Å². The molecule has 9 nitrogen and oxygen atoms in total. The van der Waals surface area contributed by atoms with Gasteiger partial charge in [-0.25, -0.2) is 0 Å². The molecule has 2 amide bonds. The van der Waals surface area contributed by atoms with Crippen LogP contribution in [0.25, 0.3) is 0 Å². The van der Waals surface area contributed by atoms with Gasteiger partial charge in [0, 0.05) is 30.7 Å². The van der Waals surface area contributed by atoms with Gasteiger partial charge in [-0.2, -0.15) is 0 Å². The first kappa shape index (κ1) is 21.4. The topological polar surface area (TPSA) is 123 Å². The third-order valence-electron chi connectivity index (χ3n) is 5.10. The van der Waals surface area contributed by atoms with E-state index in [-0.39, 0.29) is 18.2 Å². The second kappa shape index (κ2) is 10.0. The molecule has 3 heterocycles. The number of nitrogens with zero attached hydrogens (tertiary/aromatic N) is 5. The van der Waals surface area contributed by atoms with Gasteiger partial charge in [0.05, 0.1) is 13.0 Å². The maximum atomic E-state index is 12.2. The first-order valence-corrected chi connectivity index (χ1v) is 11.8. The number of nitrogens with one attached hydrogen (secondary N) is 2. The molecule has 31 heavy (non-hydrogen) atoms. The molecule has 11 heteroatoms. The van der Waals surface area contributed by atoms with Crippen LogP contribution in [0.3, 0.4) is 0 Å². The summed E-state index contributed by atoms with van der Waals surface area (Å²) >= 11 is 3.00. The molecule has 0 bridgehead atoms. The monoisotopic (exact) mass is 457 g/mol. The molecule has 1 aliphatic rings. The minimum Gasteiger partial charge on any atom is -0.350 e. The van der Waals surface area contributed by atoms with Crippen molar-refractivity contribution in [2.75, 3.05) is 5.32 Å². The molecular weight excluding hydrogens is 434 g/mol. The van der Waals surface area contributed by atoms with Crippen molar-refractivity contribution in [1.29, 1.82) is 0 Å². The van der Waals surface area contributed by atoms with Crippen molar-refractivity contribution in [2.45, 2.75) is 57.4 Å². The maximum Gasteiger partial charge on any atom is 0.232 e. The lowest BCUT2D eigenvalue weighted by Gasteiger charge is -2.25. The highest BCUT2D eigenvalue weighted by molar-refractivity contribution is 7.15. The summed E-state index contributed by atoms with van der Waals surface area (Å²) in [6, 6.07) is 5.50. The zero-order chi connectivity index (χ0) is 21.6. The predicted molar refractivity (Wildman–Crippen MR) is 118 cm³/mol. The Balaban J connectivity index is 1.34. The van der Waals surface area contributed by atoms with E-state index in [1.807, 2.05) is 18.2 Å². The Morgan fingerprint density at radius 1 is 1.06 bits per heavy atom. The van der Waals surface area contributed by atoms with Crippen LogP contribution in [0.2, 0.25) is 0 Å². The number of carbonyl (C=O) groups is 2. The van der Waals surface area contributed by atoms with Gasteiger partial charge >= 0.3 is 0 Å². The van der Waals surface area contributed by atoms with Crippen LogP contribution in [0.15, 0.2) is 24.4 Å². The number of amides is 2. The molecule has 1 aliphatic carbocycles. The molecule has 0 spiro atoms. The summed E-state index contributed by atoms with van der Waals surface area (Å²) in [6.07, 6.45) is 6.01. The Labute approximate surface area is 187 Å². The van der Waals surface area contributed by atoms with Crippen molar-refractivity contribution in [3.63, 3.8) is 0 Å². The molecule has 2 N–H and O–H groups in total. The van der Waals surface area contributed by atoms with Crippen molar-refractivity contribution < 1.29 is 9.59 Å². The van der Waals surface area contributed by atoms with E-state index in [0.29, 0.717) is 23.5 Å². The van der Waals surface area contributed by atoms with Crippen LogP contribution in [0.4, 0.5) is 5.13 Å². The zero-order valence-electron chi connectivity index (χ0n) is 17.1. The Kier molecular flexibility index (Phi) is 6.92. The highest BCUT2D eigenvalue weighted by Crippen LogP contribution is 2.43. The Hall–Kier alpha value is -2.79. The zero-order valence-corrected chi connectivity index (χ0v) is 18.7. The molecule has 3 aromatic heterocycles. The van der Waals surface area contributed by atoms with Crippen molar-refractivity contribution in [3.05, 3.63) is 45.1 Å². The van der Waals surface area contributed by atoms with Crippen molar-refractivity contribution >= 4 is 39.6 Å². The number of anilines is 1. The second-order valence-electron chi connectivity index (χ2n) is 7.50. The fourth-order valence-electron chi connectivity index (χ4n) is 3.62. The summed E-state index contributed by atoms with van der Waals surface area (Å²) < 4.78 is 0. The van der Waals surface area contributed by atoms with Crippen LogP contribution < -0.4 is 10.6 Å². The summed E-state index contributed by atoms with van der Waals surface area (Å²) in [4.78, 5) is 27.5. The van der Waals surface area contributed by atoms with E-state index in [9.17, 15) is 9.59 Å². The van der Waals surface area contributed by atoms with Gasteiger partial charge in [0.2, 0.25) is 16.9 Å². The molecular formula is C20H23N7O2S2. The fraction of sp³-hybridized carbons (Fsp3) is 0.450. The molecule has 2 atom stereocenters. The van der Waals surface area contributed by atoms with Gasteiger partial charge in [-0.1, -0.05) is 35.2 Å². The second-order valence-corrected chi connectivity index (χ2v) is 9.60. The van der Waals surface area contributed by atoms with Gasteiger partial charge < -0.3 is 10.6 Å². The summed E-state index contributed by atoms with van der Waals surface area (Å²) in [5.41, 5.74) is 0.717. The van der Waals surface area contributed by atoms with Crippen LogP contribution in [-0.2, 0) is 22.6 Å². The molecule has 3 aromatic rings. The molecule has 0 saturated heterocycles. The summed E-state index contributed by atoms with van der Waals surface area (Å²) in [6.45, 7) is 1.91. The molecule has 1 fully saturated rings. The van der Waals surface area contributed by atoms with Gasteiger partial charge in [0.15, 0.2) is 0 Å². The van der Waals surface area contributed by atoms with E-state index in [1.165, 1.54) is 18.3 Å². The van der Waals surface area contributed by atoms with E-state index in [2.05, 4.69) is 36.0 Å². The standard InChI is InChI=1S/C20H23N7O2S2/c1-12(28)22-11-17-24-25-18(30-17)13-5-4-6-14(9-13)19-26-27-20(31-19)23-16(29)10-15-7-2-3-8-21-15/h2-3,7-8,13-14H,4-6,9-11H2,1H3,(H,22,28)(H,23,27,29)/t13-,14-/m0/s1. The Morgan fingerprint density at radius 2 is 1.84 bits per heavy atom. The lowest BCUT2D eigenvalue weighted by atomic mass is 9.82. The minimum absolute atomic E-state index is 0.0753. The maximum absolute atomic E-state index is 12.2. The van der Waals surface area contributed by atoms with Crippen LogP contribution in [0.1, 0.15) is 65.2 Å². The lowest BCUT2D eigenvalue weighted by molar-refractivity contribution is -0.119. The number of hydrogen-bond donors (Lipinski definition) is 2. The van der Waals surface area contributed by atoms with E-state index in [4.69, 9.17) is 0 Å². The lowest BCUT2D eigenvalue weighted by Crippen LogP contribution is -2.18. The van der Waals surface area contributed by atoms with E-state index < -0.39 is 0 Å². The molecule has 0 aromatic carbocycles. The predicted octanol–water partition coefficient (Wildman–Crippen LogP) is 3.04. The third-order valence-corrected chi connectivity index (χ3v) is 7.19. The summed E-state index contributed by atoms with van der Waals surface area (Å²) in [7, 11) is 0. The van der Waals surface area contributed by atoms with E-state index in [1.54, 1.807) is 17.5 Å². The smallest absolute Gasteiger partial charge is 0.232 e. The van der Waals surface area contributed by atoms with Gasteiger partial charge in [0.1, 0.15) is 15.0 Å². The molecule has 162 valence electrons. The number of hydrogen-bond acceptors (Lipinski definition) is 9. The van der Waals surface area contributed by atoms with E-state index in [0.717, 1.165) is 46.4 Å². The van der Waals surface area contributed by atoms with Crippen molar-refractivity contribution in [3.8, 4) is 0 Å². The molecule has 0 radical (unpaired) electrons. The average Bonchev–Trinajstić information content (AvgIpc) is 3.43. The summed E-state index contributed by atoms with van der Waals surface area (Å²) in [5, 5.41) is 26.0. The Bertz CT molecular complexity index is 1040. The van der Waals surface area contributed by atoms with Crippen LogP contribution in [0, 0.1) is 0 Å². The molecule has 0 unspecified atom stereocenters. The van der Waals surface area contributed by atoms with Crippen molar-refractivity contribution in [1.82, 2.24) is 30.7 Å². The minimum atomic E-state index is -0.150.